The van der Waals surface area contributed by atoms with Gasteiger partial charge >= 0.3 is 7.12 Å². The molecule has 0 bridgehead atoms. The van der Waals surface area contributed by atoms with Crippen LogP contribution in [0.4, 0.5) is 39.8 Å². The lowest BCUT2D eigenvalue weighted by Crippen LogP contribution is -2.40. The Morgan fingerprint density at radius 2 is 0.800 bits per heavy atom. The Balaban J connectivity index is 0.000000329. The van der Waals surface area contributed by atoms with Crippen LogP contribution in [0.2, 0.25) is 0 Å². The van der Waals surface area contributed by atoms with Gasteiger partial charge in [0.05, 0.1) is 44.4 Å². The second-order valence-electron chi connectivity index (χ2n) is 30.5. The summed E-state index contributed by atoms with van der Waals surface area (Å²) in [4.78, 5) is 63.0. The van der Waals surface area contributed by atoms with Crippen molar-refractivity contribution in [3.63, 3.8) is 0 Å². The van der Waals surface area contributed by atoms with E-state index in [0.29, 0.717) is 76.4 Å². The van der Waals surface area contributed by atoms with Gasteiger partial charge in [0.2, 0.25) is 53.7 Å². The van der Waals surface area contributed by atoms with Crippen LogP contribution < -0.4 is 63.0 Å². The summed E-state index contributed by atoms with van der Waals surface area (Å²) in [6.07, 6.45) is 6.87. The number of benzene rings is 7. The van der Waals surface area contributed by atoms with Gasteiger partial charge in [-0.3, -0.25) is 19.2 Å². The maximum Gasteiger partial charge on any atom is 0.488 e. The number of thiazole rings is 4. The van der Waals surface area contributed by atoms with Crippen molar-refractivity contribution in [2.75, 3.05) is 38.1 Å². The lowest BCUT2D eigenvalue weighted by Gasteiger charge is -2.22. The summed E-state index contributed by atoms with van der Waals surface area (Å²) in [6.45, 7) is 31.6. The molecule has 11 rings (SSSR count). The number of nitrogens with one attached hydrogen (secondary N) is 9. The molecule has 28 nitrogen and oxygen atoms in total. The molecule has 15 N–H and O–H groups in total. The minimum Gasteiger partial charge on any atom is -0.423 e. The van der Waals surface area contributed by atoms with Gasteiger partial charge < -0.3 is 53.4 Å². The van der Waals surface area contributed by atoms with Gasteiger partial charge in [0.1, 0.15) is 20.4 Å². The molecule has 0 aliphatic carbocycles. The lowest BCUT2D eigenvalue weighted by molar-refractivity contribution is -0.115. The van der Waals surface area contributed by atoms with E-state index in [-0.39, 0.29) is 51.8 Å². The van der Waals surface area contributed by atoms with E-state index in [1.807, 2.05) is 81.6 Å². The first-order valence-corrected chi connectivity index (χ1v) is 48.8. The van der Waals surface area contributed by atoms with E-state index in [1.54, 1.807) is 196 Å². The van der Waals surface area contributed by atoms with Crippen molar-refractivity contribution in [2.45, 2.75) is 175 Å². The van der Waals surface area contributed by atoms with Gasteiger partial charge in [-0.05, 0) is 287 Å². The third-order valence-electron chi connectivity index (χ3n) is 14.7. The number of carbonyl (C=O) groups excluding carboxylic acids is 4. The number of hydrogen-bond donors (Lipinski definition) is 13. The molecule has 0 aliphatic heterocycles. The van der Waals surface area contributed by atoms with E-state index in [0.717, 1.165) is 48.9 Å². The second kappa shape index (κ2) is 49.5. The van der Waals surface area contributed by atoms with Crippen LogP contribution in [0.5, 0.6) is 0 Å². The van der Waals surface area contributed by atoms with Crippen molar-refractivity contribution in [3.8, 4) is 58.0 Å². The summed E-state index contributed by atoms with van der Waals surface area (Å²) in [5.41, 5.74) is 18.8. The molecule has 0 radical (unpaired) electrons. The monoisotopic (exact) mass is 2060 g/mol. The predicted molar refractivity (Wildman–Crippen MR) is 532 cm³/mol. The Bertz CT molecular complexity index is 5820. The number of thiocarbonyl (C=S) groups is 1. The fraction of sp³-hybridized carbons (Fsp3) is 0.286. The predicted octanol–water partition coefficient (Wildman–Crippen LogP) is 18.7. The summed E-state index contributed by atoms with van der Waals surface area (Å²) < 4.78 is 87.9. The van der Waals surface area contributed by atoms with Gasteiger partial charge in [-0.25, -0.2) is 59.4 Å². The van der Waals surface area contributed by atoms with Gasteiger partial charge in [-0.1, -0.05) is 51.6 Å². The van der Waals surface area contributed by atoms with Crippen LogP contribution in [-0.4, -0.2) is 119 Å². The Morgan fingerprint density at radius 1 is 0.472 bits per heavy atom. The number of nitrogens with zero attached hydrogens (tertiary/aromatic N) is 5. The van der Waals surface area contributed by atoms with Crippen LogP contribution in [0.15, 0.2) is 203 Å². The standard InChI is InChI=1S/C25H31N5O3S3.C21H24N4O3S2.C11H9BrN2OS.C11H18N2O2S.C8H10BNO3.C4H7NS.C3HBr2NS.CH4/c1-15(2)27-24(34)29-19-11-12-20(22(13-19)36(32,33)30-25(4,5)6)21-14-26-23(35-21)17-7-9-18(10-8-17)28-16(3)31;1-13(26)24-16-8-5-14(6-9-16)20-23-12-18(29-20)17-10-7-15(22)11-19(17)30(27,28)25-21(2,3)4;1-7(15)14-9-4-2-8(3-5-9)11-13-6-10(12)16-11;1-8-5-6-9(12)7-10(8)16(14,15)13-11(2,3)4;1-6(11)10-8-4-2-7(3-5-8)9(12)13;1-4(2)6-3-5;4-2-1-6-3(5)7-2;/h7-15,30H,1-6H3,(H,28,31)(H2,27,29,34);5-12,25H,22H2,1-4H3,(H,24,26);2-6H,1H3,(H,14,15);5-7,13H,12H2,1-4H3;2-5,12-13H,1H3,(H,10,11);4H,1-2H3;1H;1H4. The van der Waals surface area contributed by atoms with Crippen molar-refractivity contribution in [2.24, 2.45) is 0 Å². The highest BCUT2D eigenvalue weighted by atomic mass is 79.9. The van der Waals surface area contributed by atoms with Gasteiger partial charge in [-0.2, -0.15) is 5.26 Å². The molecule has 0 saturated heterocycles. The van der Waals surface area contributed by atoms with Crippen molar-refractivity contribution in [3.05, 3.63) is 193 Å². The van der Waals surface area contributed by atoms with Crippen molar-refractivity contribution in [1.82, 2.24) is 39.4 Å². The third-order valence-corrected chi connectivity index (χ3v) is 26.6. The number of aromatic nitrogens is 4. The summed E-state index contributed by atoms with van der Waals surface area (Å²) in [6, 6.07) is 43.5. The molecule has 41 heteroatoms. The molecule has 0 aliphatic rings. The van der Waals surface area contributed by atoms with Crippen LogP contribution in [0.1, 0.15) is 131 Å². The number of nitrogens with two attached hydrogens (primary N) is 2. The minimum absolute atomic E-state index is 0. The summed E-state index contributed by atoms with van der Waals surface area (Å²) in [5, 5.41) is 47.7. The number of rotatable bonds is 19. The number of nitrogen functional groups attached to an aromatic ring is 2. The molecule has 0 unspecified atom stereocenters. The van der Waals surface area contributed by atoms with Crippen LogP contribution >= 0.6 is 117 Å². The molecule has 0 atom stereocenters. The molecule has 0 saturated carbocycles. The number of hydrogen-bond acceptors (Lipinski definition) is 25. The number of sulfonamides is 3. The Labute approximate surface area is 784 Å². The van der Waals surface area contributed by atoms with E-state index < -0.39 is 53.8 Å². The van der Waals surface area contributed by atoms with Gasteiger partial charge in [0, 0.05) is 136 Å². The average molecular weight is 2070 g/mol. The highest BCUT2D eigenvalue weighted by molar-refractivity contribution is 9.12. The molecule has 0 fully saturated rings. The number of amides is 4. The molecular weight excluding hydrogens is 1960 g/mol. The van der Waals surface area contributed by atoms with E-state index in [2.05, 4.69) is 114 Å². The normalized spacial score (nSPS) is 11.1. The number of aryl methyl sites for hydroxylation is 1. The van der Waals surface area contributed by atoms with E-state index >= 15 is 0 Å². The highest BCUT2D eigenvalue weighted by Gasteiger charge is 2.29. The van der Waals surface area contributed by atoms with Gasteiger partial charge in [-0.15, -0.1) is 45.3 Å². The first-order chi connectivity index (χ1) is 57.6. The fourth-order valence-electron chi connectivity index (χ4n) is 10.1. The van der Waals surface area contributed by atoms with Crippen molar-refractivity contribution in [1.29, 1.82) is 5.26 Å². The zero-order valence-corrected chi connectivity index (χ0v) is 83.3. The summed E-state index contributed by atoms with van der Waals surface area (Å²) in [7, 11) is -12.6. The molecule has 0 spiro atoms. The van der Waals surface area contributed by atoms with Crippen molar-refractivity contribution < 1.29 is 54.5 Å². The molecule has 125 heavy (non-hydrogen) atoms. The number of anilines is 7. The van der Waals surface area contributed by atoms with Gasteiger partial charge in [0.15, 0.2) is 9.03 Å². The molecule has 4 aromatic heterocycles. The second-order valence-corrected chi connectivity index (χ2v) is 45.3. The maximum absolute atomic E-state index is 13.4. The first-order valence-electron chi connectivity index (χ1n) is 37.4. The maximum atomic E-state index is 13.4. The Kier molecular flexibility index (Phi) is 43.0. The molecular formula is C84H104BBr3N16O12S9. The quantitative estimate of drug-likeness (QED) is 0.0155. The molecule has 670 valence electrons. The van der Waals surface area contributed by atoms with Crippen LogP contribution in [0.3, 0.4) is 0 Å². The minimum atomic E-state index is -3.87. The van der Waals surface area contributed by atoms with Crippen LogP contribution in [0, 0.1) is 17.6 Å². The van der Waals surface area contributed by atoms with E-state index in [1.165, 1.54) is 86.4 Å². The zero-order valence-electron chi connectivity index (χ0n) is 71.2. The topological polar surface area (TPSA) is 447 Å². The van der Waals surface area contributed by atoms with Crippen LogP contribution in [-0.2, 0) is 49.2 Å². The summed E-state index contributed by atoms with van der Waals surface area (Å²) >= 11 is 22.4. The number of thioether (sulfide) groups is 1. The number of carbonyl (C=O) groups is 4. The van der Waals surface area contributed by atoms with E-state index in [9.17, 15) is 44.4 Å². The highest BCUT2D eigenvalue weighted by Crippen LogP contribution is 2.40. The zero-order chi connectivity index (χ0) is 93.0. The number of halogens is 3. The molecule has 11 aromatic rings. The largest absolute Gasteiger partial charge is 0.488 e. The van der Waals surface area contributed by atoms with Crippen LogP contribution in [0.25, 0.3) is 52.6 Å². The smallest absolute Gasteiger partial charge is 0.423 e. The fourth-order valence-corrected chi connectivity index (χ4v) is 21.2. The van der Waals surface area contributed by atoms with Crippen molar-refractivity contribution >= 4 is 228 Å². The number of thiocyanates is 1. The van der Waals surface area contributed by atoms with E-state index in [4.69, 9.17) is 39.0 Å². The molecule has 7 aromatic carbocycles. The SMILES string of the molecule is Brc1cnc(Br)s1.C.CC(=O)Nc1ccc(-c2ncc(-c3ccc(N)cc3S(=O)(=O)NC(C)(C)C)s2)cc1.CC(=O)Nc1ccc(-c2ncc(-c3ccc(NC(=S)NC(C)C)cc3S(=O)(=O)NC(C)(C)C)s2)cc1.CC(=O)Nc1ccc(-c2ncc(Br)s2)cc1.CC(=O)Nc1ccc(B(O)O)cc1.CC(C)SC#N.Cc1ccc(N)cc1S(=O)(=O)NC(C)(C)C. The lowest BCUT2D eigenvalue weighted by atomic mass is 9.80. The molecule has 4 amide bonds. The molecule has 4 heterocycles. The average Bonchev–Trinajstić information content (AvgIpc) is 1.73. The van der Waals surface area contributed by atoms with Gasteiger partial charge in [0.25, 0.3) is 0 Å². The summed E-state index contributed by atoms with van der Waals surface area (Å²) in [5.74, 6) is -0.502. The Hall–Kier alpha value is -8.78. The number of nitriles is 1. The first kappa shape index (κ1) is 109. The Morgan fingerprint density at radius 3 is 1.11 bits per heavy atom. The third kappa shape index (κ3) is 39.6.